The summed E-state index contributed by atoms with van der Waals surface area (Å²) in [5.74, 6) is -0.124. The van der Waals surface area contributed by atoms with Crippen LogP contribution < -0.4 is 9.47 Å². The quantitative estimate of drug-likeness (QED) is 0.536. The molecule has 3 rings (SSSR count). The van der Waals surface area contributed by atoms with Gasteiger partial charge in [0, 0.05) is 0 Å². The maximum atomic E-state index is 12.0. The summed E-state index contributed by atoms with van der Waals surface area (Å²) in [5.41, 5.74) is 0.939. The monoisotopic (exact) mass is 318 g/mol. The first kappa shape index (κ1) is 15.5. The lowest BCUT2D eigenvalue weighted by Gasteiger charge is -2.07. The minimum Gasteiger partial charge on any atom is -0.423 e. The third-order valence-electron chi connectivity index (χ3n) is 3.26. The molecule has 0 aromatic heterocycles. The Balaban J connectivity index is 1.63. The van der Waals surface area contributed by atoms with E-state index < -0.39 is 11.9 Å². The zero-order valence-corrected chi connectivity index (χ0v) is 12.7. The molecule has 0 amide bonds. The van der Waals surface area contributed by atoms with Crippen LogP contribution in [0.15, 0.2) is 84.9 Å². The molecule has 118 valence electrons. The Hall–Kier alpha value is -3.40. The van der Waals surface area contributed by atoms with Gasteiger partial charge in [0.05, 0.1) is 11.1 Å². The van der Waals surface area contributed by atoms with Gasteiger partial charge in [0.2, 0.25) is 0 Å². The van der Waals surface area contributed by atoms with E-state index in [2.05, 4.69) is 0 Å². The second-order valence-electron chi connectivity index (χ2n) is 4.98. The van der Waals surface area contributed by atoms with Crippen molar-refractivity contribution < 1.29 is 19.1 Å². The lowest BCUT2D eigenvalue weighted by molar-refractivity contribution is 0.0719. The Morgan fingerprint density at radius 3 is 1.17 bits per heavy atom. The molecule has 0 aliphatic heterocycles. The van der Waals surface area contributed by atoms with E-state index in [1.54, 1.807) is 72.8 Å². The van der Waals surface area contributed by atoms with E-state index >= 15 is 0 Å². The van der Waals surface area contributed by atoms with Gasteiger partial charge in [-0.3, -0.25) is 0 Å². The van der Waals surface area contributed by atoms with Crippen LogP contribution in [0.3, 0.4) is 0 Å². The number of hydrogen-bond acceptors (Lipinski definition) is 4. The first-order chi connectivity index (χ1) is 11.7. The number of carbonyl (C=O) groups is 2. The summed E-state index contributed by atoms with van der Waals surface area (Å²) in [6, 6.07) is 23.7. The van der Waals surface area contributed by atoms with Crippen LogP contribution in [-0.4, -0.2) is 11.9 Å². The molecule has 3 aromatic carbocycles. The zero-order chi connectivity index (χ0) is 16.8. The van der Waals surface area contributed by atoms with E-state index in [-0.39, 0.29) is 0 Å². The van der Waals surface area contributed by atoms with Crippen LogP contribution >= 0.6 is 0 Å². The van der Waals surface area contributed by atoms with E-state index in [0.29, 0.717) is 22.6 Å². The number of benzene rings is 3. The zero-order valence-electron chi connectivity index (χ0n) is 12.7. The van der Waals surface area contributed by atoms with Gasteiger partial charge in [-0.05, 0) is 48.5 Å². The summed E-state index contributed by atoms with van der Waals surface area (Å²) in [6.07, 6.45) is 0. The van der Waals surface area contributed by atoms with Gasteiger partial charge in [-0.15, -0.1) is 0 Å². The second kappa shape index (κ2) is 7.24. The molecule has 0 aliphatic rings. The molecule has 24 heavy (non-hydrogen) atoms. The Morgan fingerprint density at radius 2 is 0.833 bits per heavy atom. The van der Waals surface area contributed by atoms with Crippen LogP contribution in [0, 0.1) is 0 Å². The van der Waals surface area contributed by atoms with E-state index in [1.807, 2.05) is 12.1 Å². The van der Waals surface area contributed by atoms with Crippen LogP contribution in [0.25, 0.3) is 0 Å². The average molecular weight is 318 g/mol. The minimum absolute atomic E-state index is 0.378. The molecular weight excluding hydrogens is 304 g/mol. The molecule has 0 saturated heterocycles. The first-order valence-corrected chi connectivity index (χ1v) is 7.37. The fraction of sp³-hybridized carbons (Fsp3) is 0. The Labute approximate surface area is 139 Å². The largest absolute Gasteiger partial charge is 0.423 e. The third-order valence-corrected chi connectivity index (χ3v) is 3.26. The second-order valence-corrected chi connectivity index (χ2v) is 4.98. The molecule has 0 N–H and O–H groups in total. The van der Waals surface area contributed by atoms with E-state index in [1.165, 1.54) is 0 Å². The smallest absolute Gasteiger partial charge is 0.343 e. The van der Waals surface area contributed by atoms with Gasteiger partial charge >= 0.3 is 11.9 Å². The molecule has 0 spiro atoms. The number of hydrogen-bond donors (Lipinski definition) is 0. The van der Waals surface area contributed by atoms with Crippen LogP contribution in [0.1, 0.15) is 20.7 Å². The van der Waals surface area contributed by atoms with Gasteiger partial charge in [-0.2, -0.15) is 0 Å². The molecule has 3 aromatic rings. The normalized spacial score (nSPS) is 10.0. The van der Waals surface area contributed by atoms with Crippen LogP contribution in [-0.2, 0) is 0 Å². The molecule has 0 unspecified atom stereocenters. The van der Waals surface area contributed by atoms with Gasteiger partial charge in [0.25, 0.3) is 0 Å². The Bertz CT molecular complexity index is 752. The van der Waals surface area contributed by atoms with Crippen LogP contribution in [0.2, 0.25) is 0 Å². The van der Waals surface area contributed by atoms with Crippen molar-refractivity contribution in [3.05, 3.63) is 96.1 Å². The maximum absolute atomic E-state index is 12.0. The van der Waals surface area contributed by atoms with Crippen molar-refractivity contribution in [2.24, 2.45) is 0 Å². The van der Waals surface area contributed by atoms with E-state index in [4.69, 9.17) is 9.47 Å². The van der Waals surface area contributed by atoms with Crippen molar-refractivity contribution in [1.82, 2.24) is 0 Å². The topological polar surface area (TPSA) is 52.6 Å². The van der Waals surface area contributed by atoms with Gasteiger partial charge in [-0.25, -0.2) is 9.59 Å². The summed E-state index contributed by atoms with van der Waals surface area (Å²) in [4.78, 5) is 23.9. The lowest BCUT2D eigenvalue weighted by atomic mass is 10.2. The Morgan fingerprint density at radius 1 is 0.500 bits per heavy atom. The molecule has 0 heterocycles. The molecule has 0 fully saturated rings. The van der Waals surface area contributed by atoms with Gasteiger partial charge in [-0.1, -0.05) is 36.4 Å². The van der Waals surface area contributed by atoms with Crippen molar-refractivity contribution in [2.45, 2.75) is 0 Å². The van der Waals surface area contributed by atoms with Crippen LogP contribution in [0.4, 0.5) is 0 Å². The average Bonchev–Trinajstić information content (AvgIpc) is 2.65. The highest BCUT2D eigenvalue weighted by molar-refractivity contribution is 5.91. The van der Waals surface area contributed by atoms with Crippen molar-refractivity contribution in [1.29, 1.82) is 0 Å². The fourth-order valence-corrected chi connectivity index (χ4v) is 2.06. The molecule has 0 saturated carbocycles. The molecule has 0 aliphatic carbocycles. The van der Waals surface area contributed by atoms with Gasteiger partial charge in [0.15, 0.2) is 0 Å². The minimum atomic E-state index is -0.440. The van der Waals surface area contributed by atoms with E-state index in [9.17, 15) is 9.59 Å². The Kier molecular flexibility index (Phi) is 4.68. The number of carbonyl (C=O) groups excluding carboxylic acids is 2. The van der Waals surface area contributed by atoms with Gasteiger partial charge < -0.3 is 9.47 Å². The van der Waals surface area contributed by atoms with Crippen molar-refractivity contribution in [3.63, 3.8) is 0 Å². The lowest BCUT2D eigenvalue weighted by Crippen LogP contribution is -2.09. The highest BCUT2D eigenvalue weighted by Gasteiger charge is 2.10. The van der Waals surface area contributed by atoms with Crippen molar-refractivity contribution in [3.8, 4) is 11.5 Å². The summed E-state index contributed by atoms with van der Waals surface area (Å²) in [5, 5.41) is 0. The SMILES string of the molecule is O=C(Oc1ccc(OC(=O)c2ccccc2)cc1)c1ccccc1. The van der Waals surface area contributed by atoms with Crippen molar-refractivity contribution >= 4 is 11.9 Å². The highest BCUT2D eigenvalue weighted by atomic mass is 16.5. The fourth-order valence-electron chi connectivity index (χ4n) is 2.06. The highest BCUT2D eigenvalue weighted by Crippen LogP contribution is 2.19. The molecule has 4 nitrogen and oxygen atoms in total. The third kappa shape index (κ3) is 3.87. The number of ether oxygens (including phenoxy) is 2. The number of esters is 2. The maximum Gasteiger partial charge on any atom is 0.343 e. The molecule has 4 heteroatoms. The first-order valence-electron chi connectivity index (χ1n) is 7.37. The molecular formula is C20H14O4. The number of rotatable bonds is 4. The summed E-state index contributed by atoms with van der Waals surface area (Å²) < 4.78 is 10.5. The molecule has 0 radical (unpaired) electrons. The summed E-state index contributed by atoms with van der Waals surface area (Å²) in [6.45, 7) is 0. The summed E-state index contributed by atoms with van der Waals surface area (Å²) in [7, 11) is 0. The van der Waals surface area contributed by atoms with Crippen LogP contribution in [0.5, 0.6) is 11.5 Å². The standard InChI is InChI=1S/C20H14O4/c21-19(15-7-3-1-4-8-15)23-17-11-13-18(14-12-17)24-20(22)16-9-5-2-6-10-16/h1-14H. The predicted molar refractivity (Wildman–Crippen MR) is 89.2 cm³/mol. The molecule has 0 atom stereocenters. The van der Waals surface area contributed by atoms with E-state index in [0.717, 1.165) is 0 Å². The van der Waals surface area contributed by atoms with Gasteiger partial charge in [0.1, 0.15) is 11.5 Å². The predicted octanol–water partition coefficient (Wildman–Crippen LogP) is 4.13. The molecule has 0 bridgehead atoms. The van der Waals surface area contributed by atoms with Crippen molar-refractivity contribution in [2.75, 3.05) is 0 Å². The summed E-state index contributed by atoms with van der Waals surface area (Å²) >= 11 is 0.